The number of anilines is 1. The van der Waals surface area contributed by atoms with Crippen molar-refractivity contribution >= 4 is 22.5 Å². The van der Waals surface area contributed by atoms with E-state index in [1.165, 1.54) is 12.8 Å². The summed E-state index contributed by atoms with van der Waals surface area (Å²) < 4.78 is 7.08. The second-order valence-corrected chi connectivity index (χ2v) is 8.96. The third kappa shape index (κ3) is 4.75. The van der Waals surface area contributed by atoms with Crippen LogP contribution in [0.5, 0.6) is 0 Å². The van der Waals surface area contributed by atoms with Gasteiger partial charge in [-0.25, -0.2) is 4.98 Å². The standard InChI is InChI=1S/C23H31N5O3/c29-22-16-31-13-1-6-27(22)12-9-25-7-10-26(11-8-25)19-4-5-20-21(14-19)24-17-28(23(20)30)15-18-2-3-18/h4-5,14,17-18H,1-3,6-13,15-16H2. The molecule has 8 nitrogen and oxygen atoms in total. The van der Waals surface area contributed by atoms with E-state index in [0.29, 0.717) is 17.9 Å². The number of carbonyl (C=O) groups excluding carboxylic acids is 1. The van der Waals surface area contributed by atoms with Gasteiger partial charge in [0.2, 0.25) is 5.91 Å². The Bertz CT molecular complexity index is 994. The maximum absolute atomic E-state index is 12.7. The molecular formula is C23H31N5O3. The van der Waals surface area contributed by atoms with Crippen molar-refractivity contribution in [1.29, 1.82) is 0 Å². The summed E-state index contributed by atoms with van der Waals surface area (Å²) in [6.45, 7) is 7.95. The molecule has 3 fully saturated rings. The van der Waals surface area contributed by atoms with Gasteiger partial charge in [-0.3, -0.25) is 19.1 Å². The molecule has 166 valence electrons. The van der Waals surface area contributed by atoms with Crippen molar-refractivity contribution in [2.75, 3.05) is 63.9 Å². The highest BCUT2D eigenvalue weighted by Gasteiger charge is 2.23. The van der Waals surface area contributed by atoms with Crippen LogP contribution < -0.4 is 10.5 Å². The molecule has 0 atom stereocenters. The third-order valence-corrected chi connectivity index (χ3v) is 6.68. The minimum Gasteiger partial charge on any atom is -0.372 e. The van der Waals surface area contributed by atoms with Crippen LogP contribution in [0.2, 0.25) is 0 Å². The molecule has 1 aliphatic carbocycles. The number of benzene rings is 1. The van der Waals surface area contributed by atoms with Gasteiger partial charge in [-0.05, 0) is 43.4 Å². The Morgan fingerprint density at radius 2 is 1.87 bits per heavy atom. The van der Waals surface area contributed by atoms with Gasteiger partial charge >= 0.3 is 0 Å². The van der Waals surface area contributed by atoms with Gasteiger partial charge in [0.15, 0.2) is 0 Å². The van der Waals surface area contributed by atoms with Crippen LogP contribution in [0, 0.1) is 5.92 Å². The summed E-state index contributed by atoms with van der Waals surface area (Å²) in [4.78, 5) is 36.1. The number of piperazine rings is 1. The number of ether oxygens (including phenoxy) is 1. The van der Waals surface area contributed by atoms with E-state index in [0.717, 1.165) is 70.0 Å². The van der Waals surface area contributed by atoms with E-state index in [1.54, 1.807) is 10.9 Å². The Kier molecular flexibility index (Phi) is 5.91. The van der Waals surface area contributed by atoms with Gasteiger partial charge in [0.25, 0.3) is 5.56 Å². The average Bonchev–Trinajstić information content (AvgIpc) is 3.63. The van der Waals surface area contributed by atoms with E-state index in [4.69, 9.17) is 4.74 Å². The number of amides is 1. The van der Waals surface area contributed by atoms with Crippen molar-refractivity contribution in [3.05, 3.63) is 34.9 Å². The fourth-order valence-corrected chi connectivity index (χ4v) is 4.51. The molecule has 1 saturated carbocycles. The zero-order valence-electron chi connectivity index (χ0n) is 18.0. The van der Waals surface area contributed by atoms with Crippen LogP contribution in [0.4, 0.5) is 5.69 Å². The summed E-state index contributed by atoms with van der Waals surface area (Å²) in [6.07, 6.45) is 5.07. The van der Waals surface area contributed by atoms with Crippen LogP contribution in [0.15, 0.2) is 29.3 Å². The number of nitrogens with zero attached hydrogens (tertiary/aromatic N) is 5. The molecule has 0 N–H and O–H groups in total. The molecule has 2 saturated heterocycles. The summed E-state index contributed by atoms with van der Waals surface area (Å²) in [5.41, 5.74) is 1.97. The monoisotopic (exact) mass is 425 g/mol. The topological polar surface area (TPSA) is 70.9 Å². The summed E-state index contributed by atoms with van der Waals surface area (Å²) in [5, 5.41) is 0.705. The number of carbonyl (C=O) groups is 1. The lowest BCUT2D eigenvalue weighted by Gasteiger charge is -2.37. The van der Waals surface area contributed by atoms with Gasteiger partial charge in [-0.1, -0.05) is 0 Å². The Morgan fingerprint density at radius 1 is 1.03 bits per heavy atom. The van der Waals surface area contributed by atoms with Crippen LogP contribution in [-0.4, -0.2) is 84.3 Å². The van der Waals surface area contributed by atoms with E-state index in [1.807, 2.05) is 17.0 Å². The average molecular weight is 426 g/mol. The first-order chi connectivity index (χ1) is 15.2. The van der Waals surface area contributed by atoms with Crippen LogP contribution in [0.1, 0.15) is 19.3 Å². The van der Waals surface area contributed by atoms with Gasteiger partial charge in [0.05, 0.1) is 17.2 Å². The molecule has 3 heterocycles. The van der Waals surface area contributed by atoms with E-state index >= 15 is 0 Å². The SMILES string of the molecule is O=C1COCCCN1CCN1CCN(c2ccc3c(=O)n(CC4CC4)cnc3c2)CC1. The lowest BCUT2D eigenvalue weighted by molar-refractivity contribution is -0.134. The normalized spacial score (nSPS) is 21.0. The van der Waals surface area contributed by atoms with Gasteiger partial charge in [-0.15, -0.1) is 0 Å². The molecule has 2 aromatic rings. The minimum atomic E-state index is 0.0710. The van der Waals surface area contributed by atoms with Crippen molar-refractivity contribution in [3.8, 4) is 0 Å². The molecule has 1 amide bonds. The zero-order valence-corrected chi connectivity index (χ0v) is 18.0. The first-order valence-corrected chi connectivity index (χ1v) is 11.5. The highest BCUT2D eigenvalue weighted by molar-refractivity contribution is 5.81. The van der Waals surface area contributed by atoms with Gasteiger partial charge in [-0.2, -0.15) is 0 Å². The van der Waals surface area contributed by atoms with E-state index in [9.17, 15) is 9.59 Å². The van der Waals surface area contributed by atoms with Crippen LogP contribution >= 0.6 is 0 Å². The number of aromatic nitrogens is 2. The lowest BCUT2D eigenvalue weighted by atomic mass is 10.2. The smallest absolute Gasteiger partial charge is 0.261 e. The van der Waals surface area contributed by atoms with Crippen molar-refractivity contribution in [3.63, 3.8) is 0 Å². The van der Waals surface area contributed by atoms with E-state index < -0.39 is 0 Å². The highest BCUT2D eigenvalue weighted by Crippen LogP contribution is 2.30. The molecule has 2 aliphatic heterocycles. The molecular weight excluding hydrogens is 394 g/mol. The third-order valence-electron chi connectivity index (χ3n) is 6.68. The number of rotatable bonds is 6. The summed E-state index contributed by atoms with van der Waals surface area (Å²) in [6, 6.07) is 6.03. The van der Waals surface area contributed by atoms with Gasteiger partial charge in [0, 0.05) is 64.7 Å². The molecule has 0 spiro atoms. The predicted octanol–water partition coefficient (Wildman–Crippen LogP) is 1.18. The van der Waals surface area contributed by atoms with Gasteiger partial charge < -0.3 is 14.5 Å². The van der Waals surface area contributed by atoms with Crippen molar-refractivity contribution in [1.82, 2.24) is 19.4 Å². The Labute approximate surface area is 182 Å². The number of fused-ring (bicyclic) bond motifs is 1. The largest absolute Gasteiger partial charge is 0.372 e. The van der Waals surface area contributed by atoms with E-state index in [-0.39, 0.29) is 18.1 Å². The first kappa shape index (κ1) is 20.5. The maximum atomic E-state index is 12.7. The van der Waals surface area contributed by atoms with Crippen LogP contribution in [-0.2, 0) is 16.1 Å². The Balaban J connectivity index is 1.18. The molecule has 1 aromatic carbocycles. The number of hydrogen-bond donors (Lipinski definition) is 0. The Hall–Kier alpha value is -2.45. The molecule has 0 unspecified atom stereocenters. The highest BCUT2D eigenvalue weighted by atomic mass is 16.5. The minimum absolute atomic E-state index is 0.0710. The first-order valence-electron chi connectivity index (χ1n) is 11.5. The molecule has 1 aromatic heterocycles. The molecule has 3 aliphatic rings. The lowest BCUT2D eigenvalue weighted by Crippen LogP contribution is -2.49. The molecule has 8 heteroatoms. The maximum Gasteiger partial charge on any atom is 0.261 e. The fourth-order valence-electron chi connectivity index (χ4n) is 4.51. The summed E-state index contributed by atoms with van der Waals surface area (Å²) in [5.74, 6) is 0.759. The van der Waals surface area contributed by atoms with Crippen LogP contribution in [0.3, 0.4) is 0 Å². The van der Waals surface area contributed by atoms with Crippen molar-refractivity contribution < 1.29 is 9.53 Å². The van der Waals surface area contributed by atoms with E-state index in [2.05, 4.69) is 20.9 Å². The Morgan fingerprint density at radius 3 is 2.68 bits per heavy atom. The number of hydrogen-bond acceptors (Lipinski definition) is 6. The molecule has 31 heavy (non-hydrogen) atoms. The molecule has 5 rings (SSSR count). The molecule has 0 bridgehead atoms. The second-order valence-electron chi connectivity index (χ2n) is 8.96. The zero-order chi connectivity index (χ0) is 21.2. The van der Waals surface area contributed by atoms with Gasteiger partial charge in [0.1, 0.15) is 6.61 Å². The summed E-state index contributed by atoms with van der Waals surface area (Å²) >= 11 is 0. The summed E-state index contributed by atoms with van der Waals surface area (Å²) in [7, 11) is 0. The van der Waals surface area contributed by atoms with Crippen molar-refractivity contribution in [2.45, 2.75) is 25.8 Å². The van der Waals surface area contributed by atoms with Crippen molar-refractivity contribution in [2.24, 2.45) is 5.92 Å². The fraction of sp³-hybridized carbons (Fsp3) is 0.609. The van der Waals surface area contributed by atoms with Crippen LogP contribution in [0.25, 0.3) is 10.9 Å². The quantitative estimate of drug-likeness (QED) is 0.692. The molecule has 0 radical (unpaired) electrons. The second kappa shape index (κ2) is 8.96. The predicted molar refractivity (Wildman–Crippen MR) is 119 cm³/mol.